The summed E-state index contributed by atoms with van der Waals surface area (Å²) in [6.07, 6.45) is 5.44. The molecule has 1 atom stereocenters. The third-order valence-corrected chi connectivity index (χ3v) is 5.05. The number of nitrogens with one attached hydrogen (secondary N) is 1. The number of pyridine rings is 1. The Labute approximate surface area is 162 Å². The van der Waals surface area contributed by atoms with Crippen molar-refractivity contribution in [3.63, 3.8) is 0 Å². The molecular formula is C21H21FN4O2. The Morgan fingerprint density at radius 1 is 1.18 bits per heavy atom. The summed E-state index contributed by atoms with van der Waals surface area (Å²) < 4.78 is 14.8. The van der Waals surface area contributed by atoms with Crippen LogP contribution in [0.2, 0.25) is 0 Å². The highest BCUT2D eigenvalue weighted by Crippen LogP contribution is 2.18. The Morgan fingerprint density at radius 3 is 2.79 bits per heavy atom. The van der Waals surface area contributed by atoms with Crippen LogP contribution in [0.5, 0.6) is 0 Å². The zero-order valence-electron chi connectivity index (χ0n) is 15.3. The molecular weight excluding hydrogens is 359 g/mol. The second-order valence-electron chi connectivity index (χ2n) is 7.07. The minimum Gasteiger partial charge on any atom is -0.352 e. The average Bonchev–Trinajstić information content (AvgIpc) is 3.16. The summed E-state index contributed by atoms with van der Waals surface area (Å²) in [4.78, 5) is 31.3. The summed E-state index contributed by atoms with van der Waals surface area (Å²) in [5.74, 6) is -0.508. The van der Waals surface area contributed by atoms with Crippen molar-refractivity contribution in [1.29, 1.82) is 0 Å². The lowest BCUT2D eigenvalue weighted by atomic mass is 9.97. The number of nitrogens with zero attached hydrogens (tertiary/aromatic N) is 3. The fourth-order valence-electron chi connectivity index (χ4n) is 3.56. The molecule has 7 heteroatoms. The quantitative estimate of drug-likeness (QED) is 0.757. The summed E-state index contributed by atoms with van der Waals surface area (Å²) in [5, 5.41) is 2.89. The maximum atomic E-state index is 13.0. The summed E-state index contributed by atoms with van der Waals surface area (Å²) in [6.45, 7) is 1.75. The van der Waals surface area contributed by atoms with Crippen molar-refractivity contribution in [2.45, 2.75) is 12.8 Å². The molecule has 28 heavy (non-hydrogen) atoms. The van der Waals surface area contributed by atoms with E-state index in [0.717, 1.165) is 18.5 Å². The molecule has 1 N–H and O–H groups in total. The summed E-state index contributed by atoms with van der Waals surface area (Å²) >= 11 is 0. The summed E-state index contributed by atoms with van der Waals surface area (Å²) in [7, 11) is 0. The maximum Gasteiger partial charge on any atom is 0.274 e. The van der Waals surface area contributed by atoms with Gasteiger partial charge in [-0.05, 0) is 55.2 Å². The lowest BCUT2D eigenvalue weighted by Crippen LogP contribution is -2.43. The lowest BCUT2D eigenvalue weighted by Gasteiger charge is -2.32. The SMILES string of the molecule is O=C(NCC1CCCN(C(=O)c2cn3ccccc3n2)C1)c1ccc(F)cc1. The maximum absolute atomic E-state index is 13.0. The summed E-state index contributed by atoms with van der Waals surface area (Å²) in [6, 6.07) is 11.1. The largest absolute Gasteiger partial charge is 0.352 e. The number of amides is 2. The molecule has 1 unspecified atom stereocenters. The van der Waals surface area contributed by atoms with E-state index >= 15 is 0 Å². The zero-order chi connectivity index (χ0) is 19.5. The van der Waals surface area contributed by atoms with Gasteiger partial charge in [0.25, 0.3) is 11.8 Å². The van der Waals surface area contributed by atoms with Crippen LogP contribution in [0.4, 0.5) is 4.39 Å². The van der Waals surface area contributed by atoms with E-state index in [1.54, 1.807) is 11.1 Å². The molecule has 0 aliphatic carbocycles. The van der Waals surface area contributed by atoms with Crippen molar-refractivity contribution >= 4 is 17.5 Å². The fourth-order valence-corrected chi connectivity index (χ4v) is 3.56. The van der Waals surface area contributed by atoms with Crippen molar-refractivity contribution in [3.05, 3.63) is 71.9 Å². The normalized spacial score (nSPS) is 16.9. The Balaban J connectivity index is 1.36. The number of hydrogen-bond donors (Lipinski definition) is 1. The Morgan fingerprint density at radius 2 is 2.00 bits per heavy atom. The van der Waals surface area contributed by atoms with E-state index in [9.17, 15) is 14.0 Å². The van der Waals surface area contributed by atoms with Crippen molar-refractivity contribution in [1.82, 2.24) is 19.6 Å². The molecule has 1 aliphatic rings. The highest BCUT2D eigenvalue weighted by atomic mass is 19.1. The molecule has 3 aromatic rings. The molecule has 6 nitrogen and oxygen atoms in total. The predicted octanol–water partition coefficient (Wildman–Crippen LogP) is 2.76. The molecule has 0 saturated carbocycles. The summed E-state index contributed by atoms with van der Waals surface area (Å²) in [5.41, 5.74) is 1.60. The molecule has 0 radical (unpaired) electrons. The van der Waals surface area contributed by atoms with Crippen LogP contribution in [-0.2, 0) is 0 Å². The first-order valence-corrected chi connectivity index (χ1v) is 9.37. The van der Waals surface area contributed by atoms with Crippen LogP contribution < -0.4 is 5.32 Å². The molecule has 1 fully saturated rings. The number of fused-ring (bicyclic) bond motifs is 1. The number of piperidine rings is 1. The van der Waals surface area contributed by atoms with Crippen molar-refractivity contribution < 1.29 is 14.0 Å². The first-order valence-electron chi connectivity index (χ1n) is 9.37. The first-order chi connectivity index (χ1) is 13.6. The number of hydrogen-bond acceptors (Lipinski definition) is 3. The number of aromatic nitrogens is 2. The van der Waals surface area contributed by atoms with Crippen LogP contribution in [0.15, 0.2) is 54.9 Å². The number of carbonyl (C=O) groups excluding carboxylic acids is 2. The van der Waals surface area contributed by atoms with Gasteiger partial charge in [-0.3, -0.25) is 9.59 Å². The van der Waals surface area contributed by atoms with Crippen LogP contribution >= 0.6 is 0 Å². The molecule has 2 aromatic heterocycles. The van der Waals surface area contributed by atoms with Crippen LogP contribution in [0.1, 0.15) is 33.7 Å². The van der Waals surface area contributed by atoms with Gasteiger partial charge >= 0.3 is 0 Å². The van der Waals surface area contributed by atoms with Crippen LogP contribution in [0, 0.1) is 11.7 Å². The molecule has 1 saturated heterocycles. The van der Waals surface area contributed by atoms with E-state index < -0.39 is 0 Å². The van der Waals surface area contributed by atoms with Gasteiger partial charge in [-0.15, -0.1) is 0 Å². The van der Waals surface area contributed by atoms with E-state index in [-0.39, 0.29) is 23.5 Å². The lowest BCUT2D eigenvalue weighted by molar-refractivity contribution is 0.0665. The smallest absolute Gasteiger partial charge is 0.274 e. The minimum atomic E-state index is -0.370. The third kappa shape index (κ3) is 3.88. The third-order valence-electron chi connectivity index (χ3n) is 5.05. The van der Waals surface area contributed by atoms with Gasteiger partial charge in [0.2, 0.25) is 0 Å². The van der Waals surface area contributed by atoms with E-state index in [2.05, 4.69) is 10.3 Å². The van der Waals surface area contributed by atoms with Gasteiger partial charge in [-0.1, -0.05) is 6.07 Å². The fraction of sp³-hybridized carbons (Fsp3) is 0.286. The van der Waals surface area contributed by atoms with E-state index in [1.807, 2.05) is 28.8 Å². The van der Waals surface area contributed by atoms with Crippen LogP contribution in [-0.4, -0.2) is 45.7 Å². The number of rotatable bonds is 4. The van der Waals surface area contributed by atoms with Gasteiger partial charge in [0.15, 0.2) is 0 Å². The Bertz CT molecular complexity index is 966. The van der Waals surface area contributed by atoms with Crippen molar-refractivity contribution in [3.8, 4) is 0 Å². The minimum absolute atomic E-state index is 0.0849. The second kappa shape index (κ2) is 7.80. The Hall–Kier alpha value is -3.22. The van der Waals surface area contributed by atoms with Gasteiger partial charge < -0.3 is 14.6 Å². The second-order valence-corrected chi connectivity index (χ2v) is 7.07. The number of benzene rings is 1. The van der Waals surface area contributed by atoms with Crippen LogP contribution in [0.25, 0.3) is 5.65 Å². The number of carbonyl (C=O) groups is 2. The topological polar surface area (TPSA) is 66.7 Å². The van der Waals surface area contributed by atoms with E-state index in [4.69, 9.17) is 0 Å². The van der Waals surface area contributed by atoms with E-state index in [1.165, 1.54) is 24.3 Å². The number of halogens is 1. The first kappa shape index (κ1) is 18.2. The number of likely N-dealkylation sites (tertiary alicyclic amines) is 1. The molecule has 3 heterocycles. The molecule has 0 spiro atoms. The average molecular weight is 380 g/mol. The highest BCUT2D eigenvalue weighted by Gasteiger charge is 2.26. The van der Waals surface area contributed by atoms with Gasteiger partial charge in [0, 0.05) is 37.6 Å². The monoisotopic (exact) mass is 380 g/mol. The Kier molecular flexibility index (Phi) is 5.06. The molecule has 1 aromatic carbocycles. The highest BCUT2D eigenvalue weighted by molar-refractivity contribution is 5.94. The zero-order valence-corrected chi connectivity index (χ0v) is 15.3. The van der Waals surface area contributed by atoms with Gasteiger partial charge in [-0.25, -0.2) is 9.37 Å². The van der Waals surface area contributed by atoms with Gasteiger partial charge in [0.1, 0.15) is 17.2 Å². The molecule has 1 aliphatic heterocycles. The van der Waals surface area contributed by atoms with Gasteiger partial charge in [0.05, 0.1) is 0 Å². The molecule has 4 rings (SSSR count). The van der Waals surface area contributed by atoms with Crippen molar-refractivity contribution in [2.75, 3.05) is 19.6 Å². The molecule has 2 amide bonds. The van der Waals surface area contributed by atoms with Crippen LogP contribution in [0.3, 0.4) is 0 Å². The number of imidazole rings is 1. The van der Waals surface area contributed by atoms with Crippen molar-refractivity contribution in [2.24, 2.45) is 5.92 Å². The molecule has 0 bridgehead atoms. The standard InChI is InChI=1S/C21H21FN4O2/c22-17-8-6-16(7-9-17)20(27)23-12-15-4-3-11-26(13-15)21(28)18-14-25-10-2-1-5-19(25)24-18/h1-2,5-10,14-15H,3-4,11-13H2,(H,23,27). The van der Waals surface area contributed by atoms with E-state index in [0.29, 0.717) is 30.9 Å². The molecule has 144 valence electrons. The predicted molar refractivity (Wildman–Crippen MR) is 103 cm³/mol. The van der Waals surface area contributed by atoms with Gasteiger partial charge in [-0.2, -0.15) is 0 Å².